The van der Waals surface area contributed by atoms with E-state index >= 15 is 0 Å². The van der Waals surface area contributed by atoms with Gasteiger partial charge in [0.05, 0.1) is 17.8 Å². The summed E-state index contributed by atoms with van der Waals surface area (Å²) in [5.74, 6) is 0.667. The molecule has 1 heterocycles. The predicted molar refractivity (Wildman–Crippen MR) is 125 cm³/mol. The Balaban J connectivity index is 1.27. The highest BCUT2D eigenvalue weighted by atomic mass is 32.2. The number of nitrogens with two attached hydrogens (primary N) is 1. The molecule has 34 heavy (non-hydrogen) atoms. The van der Waals surface area contributed by atoms with E-state index in [-0.39, 0.29) is 48.5 Å². The minimum atomic E-state index is -3.93. The molecule has 4 saturated carbocycles. The summed E-state index contributed by atoms with van der Waals surface area (Å²) in [5.41, 5.74) is 6.15. The number of primary amides is 1. The smallest absolute Gasteiger partial charge is 0.304 e. The summed E-state index contributed by atoms with van der Waals surface area (Å²) in [6, 6.07) is 8.69. The topological polar surface area (TPSA) is 137 Å². The molecule has 1 aromatic carbocycles. The van der Waals surface area contributed by atoms with E-state index in [1.54, 1.807) is 24.3 Å². The molecule has 0 spiro atoms. The number of amides is 2. The largest absolute Gasteiger partial charge is 0.370 e. The lowest BCUT2D eigenvalue weighted by atomic mass is 9.47. The Bertz CT molecular complexity index is 1130. The van der Waals surface area contributed by atoms with Crippen molar-refractivity contribution in [1.29, 1.82) is 5.26 Å². The van der Waals surface area contributed by atoms with E-state index in [2.05, 4.69) is 11.4 Å². The first-order chi connectivity index (χ1) is 16.2. The van der Waals surface area contributed by atoms with Crippen molar-refractivity contribution in [1.82, 2.24) is 9.62 Å². The van der Waals surface area contributed by atoms with Gasteiger partial charge in [0.15, 0.2) is 0 Å². The number of nitriles is 1. The molecular formula is C24H31N5O4S. The quantitative estimate of drug-likeness (QED) is 0.629. The molecule has 182 valence electrons. The van der Waals surface area contributed by atoms with Crippen molar-refractivity contribution >= 4 is 27.7 Å². The van der Waals surface area contributed by atoms with Gasteiger partial charge in [0.2, 0.25) is 11.8 Å². The number of rotatable bonds is 6. The lowest BCUT2D eigenvalue weighted by Gasteiger charge is -2.60. The van der Waals surface area contributed by atoms with Crippen molar-refractivity contribution in [3.63, 3.8) is 0 Å². The molecule has 2 unspecified atom stereocenters. The Labute approximate surface area is 200 Å². The summed E-state index contributed by atoms with van der Waals surface area (Å²) in [5, 5.41) is 12.6. The molecule has 4 bridgehead atoms. The highest BCUT2D eigenvalue weighted by Gasteiger charge is 2.56. The van der Waals surface area contributed by atoms with E-state index < -0.39 is 10.2 Å². The fourth-order valence-corrected chi connectivity index (χ4v) is 9.04. The van der Waals surface area contributed by atoms with Gasteiger partial charge < -0.3 is 11.1 Å². The third-order valence-corrected chi connectivity index (χ3v) is 10.2. The van der Waals surface area contributed by atoms with Gasteiger partial charge in [-0.05, 0) is 73.8 Å². The Kier molecular flexibility index (Phi) is 5.81. The number of hydrogen-bond acceptors (Lipinski definition) is 5. The minimum absolute atomic E-state index is 0.0194. The maximum Gasteiger partial charge on any atom is 0.304 e. The first-order valence-electron chi connectivity index (χ1n) is 12.1. The van der Waals surface area contributed by atoms with Crippen molar-refractivity contribution in [3.8, 4) is 6.07 Å². The number of carbonyl (C=O) groups excluding carboxylic acids is 2. The predicted octanol–water partition coefficient (Wildman–Crippen LogP) is 1.50. The first-order valence-corrected chi connectivity index (χ1v) is 13.5. The summed E-state index contributed by atoms with van der Waals surface area (Å²) < 4.78 is 29.1. The van der Waals surface area contributed by atoms with Gasteiger partial charge in [-0.25, -0.2) is 0 Å². The summed E-state index contributed by atoms with van der Waals surface area (Å²) in [6.07, 6.45) is 5.92. The van der Waals surface area contributed by atoms with Gasteiger partial charge in [-0.2, -0.15) is 18.0 Å². The van der Waals surface area contributed by atoms with E-state index in [0.717, 1.165) is 32.1 Å². The molecule has 2 atom stereocenters. The second-order valence-corrected chi connectivity index (χ2v) is 12.5. The molecule has 2 amide bonds. The maximum atomic E-state index is 13.3. The van der Waals surface area contributed by atoms with E-state index in [9.17, 15) is 23.3 Å². The van der Waals surface area contributed by atoms with Crippen molar-refractivity contribution in [2.45, 2.75) is 51.0 Å². The fourth-order valence-electron chi connectivity index (χ4n) is 7.36. The number of nitrogens with zero attached hydrogens (tertiary/aromatic N) is 3. The third kappa shape index (κ3) is 4.05. The molecule has 6 rings (SSSR count). The van der Waals surface area contributed by atoms with Crippen LogP contribution < -0.4 is 15.4 Å². The van der Waals surface area contributed by atoms with E-state index in [1.807, 2.05) is 0 Å². The Morgan fingerprint density at radius 2 is 1.85 bits per heavy atom. The standard InChI is InChI=1S/C24H31N5O4S/c25-14-17-4-1-2-5-20(17)29-7-3-6-28(34(29,32)33)15-22(31)27-23-18-8-16-9-19(23)12-24(10-16,11-18)13-21(26)30/h1-2,4-5,16,18-19,23H,3,6-13,15H2,(H2,26,30)(H,27,31). The Morgan fingerprint density at radius 1 is 1.15 bits per heavy atom. The second kappa shape index (κ2) is 8.54. The summed E-state index contributed by atoms with van der Waals surface area (Å²) in [6.45, 7) is 0.302. The van der Waals surface area contributed by atoms with Crippen molar-refractivity contribution in [2.75, 3.05) is 23.9 Å². The molecule has 5 fully saturated rings. The van der Waals surface area contributed by atoms with Crippen LogP contribution in [0.4, 0.5) is 5.69 Å². The van der Waals surface area contributed by atoms with Crippen LogP contribution in [0.15, 0.2) is 24.3 Å². The fraction of sp³-hybridized carbons (Fsp3) is 0.625. The number of benzene rings is 1. The van der Waals surface area contributed by atoms with Crippen LogP contribution in [-0.2, 0) is 19.8 Å². The van der Waals surface area contributed by atoms with Crippen LogP contribution in [-0.4, -0.2) is 50.2 Å². The zero-order chi connectivity index (χ0) is 24.1. The lowest BCUT2D eigenvalue weighted by molar-refractivity contribution is -0.134. The highest BCUT2D eigenvalue weighted by Crippen LogP contribution is 2.61. The van der Waals surface area contributed by atoms with E-state index in [1.165, 1.54) is 8.61 Å². The summed E-state index contributed by atoms with van der Waals surface area (Å²) in [7, 11) is -3.93. The average Bonchev–Trinajstić information content (AvgIpc) is 2.76. The van der Waals surface area contributed by atoms with Crippen LogP contribution in [0, 0.1) is 34.5 Å². The molecular weight excluding hydrogens is 454 g/mol. The van der Waals surface area contributed by atoms with Crippen molar-refractivity contribution in [2.24, 2.45) is 28.9 Å². The molecule has 3 N–H and O–H groups in total. The van der Waals surface area contributed by atoms with Crippen LogP contribution >= 0.6 is 0 Å². The van der Waals surface area contributed by atoms with Gasteiger partial charge in [0, 0.05) is 25.6 Å². The molecule has 1 saturated heterocycles. The summed E-state index contributed by atoms with van der Waals surface area (Å²) in [4.78, 5) is 24.7. The normalized spacial score (nSPS) is 33.9. The SMILES string of the molecule is N#Cc1ccccc1N1CCCN(CC(=O)NC2C3CC4CC2CC(CC(N)=O)(C4)C3)S1(=O)=O. The molecule has 9 nitrogen and oxygen atoms in total. The number of hydrogen-bond donors (Lipinski definition) is 2. The first kappa shape index (κ1) is 23.1. The number of anilines is 1. The van der Waals surface area contributed by atoms with Crippen LogP contribution in [0.3, 0.4) is 0 Å². The molecule has 5 aliphatic rings. The van der Waals surface area contributed by atoms with Gasteiger partial charge in [0.25, 0.3) is 0 Å². The Morgan fingerprint density at radius 3 is 2.53 bits per heavy atom. The zero-order valence-electron chi connectivity index (χ0n) is 19.2. The molecule has 4 aliphatic carbocycles. The van der Waals surface area contributed by atoms with Crippen molar-refractivity contribution < 1.29 is 18.0 Å². The molecule has 1 aromatic rings. The lowest BCUT2D eigenvalue weighted by Crippen LogP contribution is -2.61. The average molecular weight is 486 g/mol. The van der Waals surface area contributed by atoms with Crippen LogP contribution in [0.1, 0.15) is 50.5 Å². The van der Waals surface area contributed by atoms with E-state index in [4.69, 9.17) is 5.73 Å². The van der Waals surface area contributed by atoms with Crippen LogP contribution in [0.25, 0.3) is 0 Å². The highest BCUT2D eigenvalue weighted by molar-refractivity contribution is 7.90. The number of nitrogens with one attached hydrogen (secondary N) is 1. The molecule has 10 heteroatoms. The van der Waals surface area contributed by atoms with Gasteiger partial charge in [-0.1, -0.05) is 12.1 Å². The van der Waals surface area contributed by atoms with Gasteiger partial charge in [-0.3, -0.25) is 13.9 Å². The minimum Gasteiger partial charge on any atom is -0.370 e. The van der Waals surface area contributed by atoms with Gasteiger partial charge in [0.1, 0.15) is 6.07 Å². The van der Waals surface area contributed by atoms with Crippen molar-refractivity contribution in [3.05, 3.63) is 29.8 Å². The molecule has 1 aliphatic heterocycles. The zero-order valence-corrected chi connectivity index (χ0v) is 20.0. The third-order valence-electron chi connectivity index (χ3n) is 8.26. The Hall–Kier alpha value is -2.64. The molecule has 0 radical (unpaired) electrons. The van der Waals surface area contributed by atoms with E-state index in [0.29, 0.717) is 36.3 Å². The van der Waals surface area contributed by atoms with Crippen LogP contribution in [0.2, 0.25) is 0 Å². The van der Waals surface area contributed by atoms with Gasteiger partial charge >= 0.3 is 10.2 Å². The second-order valence-electron chi connectivity index (χ2n) is 10.6. The monoisotopic (exact) mass is 485 g/mol. The van der Waals surface area contributed by atoms with Crippen LogP contribution in [0.5, 0.6) is 0 Å². The number of carbonyl (C=O) groups is 2. The van der Waals surface area contributed by atoms with Gasteiger partial charge in [-0.15, -0.1) is 0 Å². The summed E-state index contributed by atoms with van der Waals surface area (Å²) >= 11 is 0. The number of para-hydroxylation sites is 1. The maximum absolute atomic E-state index is 13.3. The molecule has 0 aromatic heterocycles.